The Bertz CT molecular complexity index is 469. The first kappa shape index (κ1) is 18.3. The first-order valence-corrected chi connectivity index (χ1v) is 8.81. The fourth-order valence-corrected chi connectivity index (χ4v) is 2.35. The van der Waals surface area contributed by atoms with Gasteiger partial charge in [-0.1, -0.05) is 25.5 Å². The van der Waals surface area contributed by atoms with Crippen LogP contribution in [0.1, 0.15) is 32.8 Å². The fourth-order valence-electron chi connectivity index (χ4n) is 1.82. The Morgan fingerprint density at radius 3 is 2.71 bits per heavy atom. The van der Waals surface area contributed by atoms with E-state index in [1.807, 2.05) is 20.8 Å². The van der Waals surface area contributed by atoms with Gasteiger partial charge in [0.2, 0.25) is 0 Å². The normalized spacial score (nSPS) is 12.5. The summed E-state index contributed by atoms with van der Waals surface area (Å²) in [6, 6.07) is 4.60. The number of aryl methyl sites for hydroxylation is 1. The predicted octanol–water partition coefficient (Wildman–Crippen LogP) is 3.83. The van der Waals surface area contributed by atoms with Crippen molar-refractivity contribution in [2.24, 2.45) is 5.92 Å². The number of nitrogens with one attached hydrogen (secondary N) is 1. The van der Waals surface area contributed by atoms with Gasteiger partial charge in [0.25, 0.3) is 0 Å². The van der Waals surface area contributed by atoms with Crippen LogP contribution in [-0.4, -0.2) is 18.4 Å². The lowest BCUT2D eigenvalue weighted by molar-refractivity contribution is -0.121. The monoisotopic (exact) mass is 331 g/mol. The van der Waals surface area contributed by atoms with E-state index in [1.165, 1.54) is 23.1 Å². The molecule has 1 N–H and O–H groups in total. The summed E-state index contributed by atoms with van der Waals surface area (Å²) in [5.74, 6) is 0.341. The van der Waals surface area contributed by atoms with Crippen molar-refractivity contribution < 1.29 is 13.9 Å². The van der Waals surface area contributed by atoms with E-state index in [1.54, 1.807) is 6.07 Å². The number of carbonyl (C=O) groups excluding carboxylic acids is 1. The molecule has 0 bridgehead atoms. The zero-order chi connectivity index (χ0) is 15.8. The van der Waals surface area contributed by atoms with E-state index in [2.05, 4.69) is 16.4 Å². The van der Waals surface area contributed by atoms with Crippen LogP contribution in [-0.2, 0) is 11.2 Å². The first-order valence-electron chi connectivity index (χ1n) is 6.94. The Morgan fingerprint density at radius 2 is 2.10 bits per heavy atom. The number of carbonyl (C=O) groups is 1. The van der Waals surface area contributed by atoms with Crippen LogP contribution in [0.2, 0.25) is 0 Å². The molecule has 0 aliphatic carbocycles. The second-order valence-corrected chi connectivity index (χ2v) is 6.30. The lowest BCUT2D eigenvalue weighted by Crippen LogP contribution is -2.24. The van der Waals surface area contributed by atoms with Gasteiger partial charge in [-0.25, -0.2) is 4.39 Å². The molecule has 21 heavy (non-hydrogen) atoms. The smallest absolute Gasteiger partial charge is 0.135 e. The number of halogens is 1. The fraction of sp³-hybridized carbons (Fsp3) is 0.533. The maximum atomic E-state index is 13.6. The summed E-state index contributed by atoms with van der Waals surface area (Å²) in [6.45, 7) is 6.24. The highest BCUT2D eigenvalue weighted by Gasteiger charge is 2.10. The van der Waals surface area contributed by atoms with E-state index in [9.17, 15) is 9.18 Å². The van der Waals surface area contributed by atoms with E-state index < -0.39 is 0 Å². The Labute approximate surface area is 135 Å². The number of hydrogen-bond acceptors (Lipinski definition) is 5. The molecule has 118 valence electrons. The minimum atomic E-state index is -0.344. The van der Waals surface area contributed by atoms with E-state index in [0.29, 0.717) is 25.1 Å². The van der Waals surface area contributed by atoms with Crippen LogP contribution >= 0.6 is 22.6 Å². The highest BCUT2D eigenvalue weighted by atomic mass is 33.1. The lowest BCUT2D eigenvalue weighted by Gasteiger charge is -2.15. The second-order valence-electron chi connectivity index (χ2n) is 5.28. The number of hydrogen-bond donors (Lipinski definition) is 2. The minimum Gasteiger partial charge on any atom is -0.489 e. The van der Waals surface area contributed by atoms with Gasteiger partial charge in [0.1, 0.15) is 23.5 Å². The summed E-state index contributed by atoms with van der Waals surface area (Å²) >= 11 is 3.98. The van der Waals surface area contributed by atoms with Gasteiger partial charge < -0.3 is 4.74 Å². The van der Waals surface area contributed by atoms with Crippen LogP contribution in [0.15, 0.2) is 18.2 Å². The molecule has 1 rings (SSSR count). The molecular formula is C15H22FNO2S2. The molecule has 0 fully saturated rings. The van der Waals surface area contributed by atoms with Crippen molar-refractivity contribution in [3.8, 4) is 5.75 Å². The lowest BCUT2D eigenvalue weighted by atomic mass is 10.0. The maximum Gasteiger partial charge on any atom is 0.135 e. The van der Waals surface area contributed by atoms with Gasteiger partial charge in [0, 0.05) is 24.9 Å². The maximum absolute atomic E-state index is 13.6. The van der Waals surface area contributed by atoms with Crippen LogP contribution in [0.4, 0.5) is 4.39 Å². The van der Waals surface area contributed by atoms with Gasteiger partial charge >= 0.3 is 0 Å². The number of rotatable bonds is 9. The van der Waals surface area contributed by atoms with E-state index in [0.717, 1.165) is 5.56 Å². The van der Waals surface area contributed by atoms with Crippen LogP contribution < -0.4 is 9.46 Å². The average Bonchev–Trinajstić information content (AvgIpc) is 2.41. The zero-order valence-corrected chi connectivity index (χ0v) is 14.3. The summed E-state index contributed by atoms with van der Waals surface area (Å²) in [5, 5.41) is 0. The summed E-state index contributed by atoms with van der Waals surface area (Å²) < 4.78 is 22.2. The number of benzene rings is 1. The molecule has 0 radical (unpaired) electrons. The van der Waals surface area contributed by atoms with Gasteiger partial charge in [0.05, 0.1) is 0 Å². The van der Waals surface area contributed by atoms with Crippen molar-refractivity contribution in [2.45, 2.75) is 39.7 Å². The van der Waals surface area contributed by atoms with Crippen molar-refractivity contribution in [3.05, 3.63) is 29.6 Å². The number of ether oxygens (including phenoxy) is 1. The molecule has 0 spiro atoms. The van der Waals surface area contributed by atoms with E-state index >= 15 is 0 Å². The Hall–Kier alpha value is -0.720. The highest BCUT2D eigenvalue weighted by molar-refractivity contribution is 8.67. The topological polar surface area (TPSA) is 38.3 Å². The third-order valence-electron chi connectivity index (χ3n) is 3.01. The van der Waals surface area contributed by atoms with Crippen molar-refractivity contribution in [2.75, 3.05) is 6.54 Å². The Balaban J connectivity index is 2.64. The van der Waals surface area contributed by atoms with Crippen LogP contribution in [0.25, 0.3) is 0 Å². The highest BCUT2D eigenvalue weighted by Crippen LogP contribution is 2.19. The molecule has 0 aliphatic heterocycles. The van der Waals surface area contributed by atoms with Crippen molar-refractivity contribution in [3.63, 3.8) is 0 Å². The number of thiol groups is 1. The molecule has 1 atom stereocenters. The molecule has 0 amide bonds. The quantitative estimate of drug-likeness (QED) is 0.410. The molecule has 3 nitrogen and oxygen atoms in total. The van der Waals surface area contributed by atoms with Gasteiger partial charge in [0.15, 0.2) is 0 Å². The predicted molar refractivity (Wildman–Crippen MR) is 89.2 cm³/mol. The van der Waals surface area contributed by atoms with Crippen molar-refractivity contribution >= 4 is 28.4 Å². The summed E-state index contributed by atoms with van der Waals surface area (Å²) in [7, 11) is 1.21. The van der Waals surface area contributed by atoms with Crippen LogP contribution in [0.3, 0.4) is 0 Å². The van der Waals surface area contributed by atoms with Crippen molar-refractivity contribution in [1.29, 1.82) is 0 Å². The molecule has 0 aromatic heterocycles. The average molecular weight is 331 g/mol. The molecule has 6 heteroatoms. The molecule has 0 heterocycles. The standard InChI is InChI=1S/C15H22FNO2S2/c1-10(2)15(18)5-4-12-6-13(16)8-14(7-12)19-11(3)9-17-21-20/h6-8,10-11,17,20H,4-5,9H2,1-3H3/t11-/m0/s1. The van der Waals surface area contributed by atoms with Gasteiger partial charge in [-0.15, -0.1) is 0 Å². The largest absolute Gasteiger partial charge is 0.489 e. The zero-order valence-electron chi connectivity index (χ0n) is 12.6. The Morgan fingerprint density at radius 1 is 1.38 bits per heavy atom. The molecule has 0 unspecified atom stereocenters. The first-order chi connectivity index (χ1) is 9.92. The van der Waals surface area contributed by atoms with Gasteiger partial charge in [-0.05, 0) is 42.0 Å². The van der Waals surface area contributed by atoms with E-state index in [4.69, 9.17) is 4.74 Å². The molecule has 0 aliphatic rings. The van der Waals surface area contributed by atoms with Gasteiger partial charge in [-0.3, -0.25) is 9.52 Å². The third-order valence-corrected chi connectivity index (χ3v) is 3.69. The molecular weight excluding hydrogens is 309 g/mol. The molecule has 0 saturated carbocycles. The summed E-state index contributed by atoms with van der Waals surface area (Å²) in [5.41, 5.74) is 0.780. The summed E-state index contributed by atoms with van der Waals surface area (Å²) in [6.07, 6.45) is 0.856. The summed E-state index contributed by atoms with van der Waals surface area (Å²) in [4.78, 5) is 11.6. The second kappa shape index (κ2) is 9.33. The minimum absolute atomic E-state index is 0.0131. The van der Waals surface area contributed by atoms with Crippen molar-refractivity contribution in [1.82, 2.24) is 4.72 Å². The molecule has 1 aromatic rings. The number of ketones is 1. The third kappa shape index (κ3) is 7.20. The molecule has 0 saturated heterocycles. The molecule has 1 aromatic carbocycles. The van der Waals surface area contributed by atoms with Crippen LogP contribution in [0.5, 0.6) is 5.75 Å². The Kier molecular flexibility index (Phi) is 8.14. The number of Topliss-reactive ketones (excluding diaryl/α,β-unsaturated/α-hetero) is 1. The van der Waals surface area contributed by atoms with E-state index in [-0.39, 0.29) is 23.6 Å². The van der Waals surface area contributed by atoms with Gasteiger partial charge in [-0.2, -0.15) is 0 Å². The SMILES string of the molecule is CC(C)C(=O)CCc1cc(F)cc(O[C@@H](C)CNSS)c1. The van der Waals surface area contributed by atoms with Crippen LogP contribution in [0, 0.1) is 11.7 Å².